The maximum Gasteiger partial charge on any atom is 0.246 e. The average molecular weight is 278 g/mol. The van der Waals surface area contributed by atoms with E-state index in [0.717, 1.165) is 18.9 Å². The Morgan fingerprint density at radius 3 is 3.05 bits per heavy atom. The predicted molar refractivity (Wildman–Crippen MR) is 78.1 cm³/mol. The molecule has 1 fully saturated rings. The first-order valence-electron chi connectivity index (χ1n) is 6.92. The summed E-state index contributed by atoms with van der Waals surface area (Å²) >= 11 is 0. The molecule has 1 atom stereocenters. The van der Waals surface area contributed by atoms with Crippen LogP contribution in [0.5, 0.6) is 5.88 Å². The largest absolute Gasteiger partial charge is 0.478 e. The van der Waals surface area contributed by atoms with Crippen LogP contribution >= 0.6 is 0 Å². The fraction of sp³-hybridized carbons (Fsp3) is 0.571. The molecular weight excluding hydrogens is 256 g/mol. The molecule has 0 aliphatic carbocycles. The van der Waals surface area contributed by atoms with Gasteiger partial charge in [-0.05, 0) is 13.0 Å². The lowest BCUT2D eigenvalue weighted by Gasteiger charge is -2.37. The van der Waals surface area contributed by atoms with Gasteiger partial charge in [-0.15, -0.1) is 0 Å². The summed E-state index contributed by atoms with van der Waals surface area (Å²) in [4.78, 5) is 20.4. The van der Waals surface area contributed by atoms with E-state index in [1.54, 1.807) is 19.0 Å². The molecule has 1 saturated heterocycles. The minimum Gasteiger partial charge on any atom is -0.478 e. The van der Waals surface area contributed by atoms with E-state index in [-0.39, 0.29) is 11.9 Å². The third-order valence-corrected chi connectivity index (χ3v) is 3.26. The molecule has 1 N–H and O–H groups in total. The molecule has 1 aliphatic heterocycles. The average Bonchev–Trinajstić information content (AvgIpc) is 2.47. The Morgan fingerprint density at radius 2 is 2.35 bits per heavy atom. The topological polar surface area (TPSA) is 57.7 Å². The number of rotatable bonds is 4. The molecule has 0 aromatic carbocycles. The Kier molecular flexibility index (Phi) is 4.79. The summed E-state index contributed by atoms with van der Waals surface area (Å²) in [5.74, 6) is 1.47. The van der Waals surface area contributed by atoms with Gasteiger partial charge in [0, 0.05) is 39.8 Å². The van der Waals surface area contributed by atoms with Gasteiger partial charge in [0.15, 0.2) is 0 Å². The Balaban J connectivity index is 2.23. The van der Waals surface area contributed by atoms with E-state index in [1.807, 2.05) is 30.0 Å². The molecule has 6 nitrogen and oxygen atoms in total. The van der Waals surface area contributed by atoms with E-state index in [4.69, 9.17) is 4.74 Å². The highest BCUT2D eigenvalue weighted by Gasteiger charge is 2.30. The lowest BCUT2D eigenvalue weighted by molar-refractivity contribution is -0.130. The van der Waals surface area contributed by atoms with Crippen molar-refractivity contribution >= 4 is 11.7 Å². The number of hydrogen-bond donors (Lipinski definition) is 1. The van der Waals surface area contributed by atoms with Crippen molar-refractivity contribution in [1.82, 2.24) is 15.2 Å². The van der Waals surface area contributed by atoms with Crippen LogP contribution in [0.4, 0.5) is 5.82 Å². The zero-order chi connectivity index (χ0) is 14.5. The van der Waals surface area contributed by atoms with Crippen molar-refractivity contribution in [2.24, 2.45) is 0 Å². The van der Waals surface area contributed by atoms with Gasteiger partial charge in [0.2, 0.25) is 11.8 Å². The van der Waals surface area contributed by atoms with Crippen molar-refractivity contribution in [1.29, 1.82) is 0 Å². The number of pyridine rings is 1. The van der Waals surface area contributed by atoms with Gasteiger partial charge in [0.05, 0.1) is 6.61 Å². The van der Waals surface area contributed by atoms with E-state index in [1.165, 1.54) is 0 Å². The van der Waals surface area contributed by atoms with Crippen LogP contribution in [0.2, 0.25) is 0 Å². The maximum atomic E-state index is 12.3. The molecular formula is C14H22N4O2. The van der Waals surface area contributed by atoms with Gasteiger partial charge in [0.1, 0.15) is 11.9 Å². The van der Waals surface area contributed by atoms with E-state index < -0.39 is 0 Å². The fourth-order valence-corrected chi connectivity index (χ4v) is 2.29. The number of carbonyl (C=O) groups is 1. The van der Waals surface area contributed by atoms with Gasteiger partial charge >= 0.3 is 0 Å². The number of nitrogens with one attached hydrogen (secondary N) is 1. The number of hydrogen-bond acceptors (Lipinski definition) is 5. The van der Waals surface area contributed by atoms with Crippen molar-refractivity contribution in [3.05, 3.63) is 18.2 Å². The summed E-state index contributed by atoms with van der Waals surface area (Å²) in [5.41, 5.74) is 0. The molecule has 1 unspecified atom stereocenters. The van der Waals surface area contributed by atoms with Crippen molar-refractivity contribution < 1.29 is 9.53 Å². The standard InChI is InChI=1S/C14H22N4O2/c1-4-20-13-7-5-6-12(16-13)18-9-8-15-10-11(18)14(19)17(2)3/h5-7,11,15H,4,8-10H2,1-3H3. The Bertz CT molecular complexity index is 464. The zero-order valence-corrected chi connectivity index (χ0v) is 12.3. The third kappa shape index (κ3) is 3.19. The van der Waals surface area contributed by atoms with E-state index in [0.29, 0.717) is 19.0 Å². The number of anilines is 1. The number of ether oxygens (including phenoxy) is 1. The van der Waals surface area contributed by atoms with Crippen molar-refractivity contribution in [2.45, 2.75) is 13.0 Å². The SMILES string of the molecule is CCOc1cccc(N2CCNCC2C(=O)N(C)C)n1. The monoisotopic (exact) mass is 278 g/mol. The van der Waals surface area contributed by atoms with E-state index in [2.05, 4.69) is 10.3 Å². The molecule has 110 valence electrons. The van der Waals surface area contributed by atoms with Crippen LogP contribution in [-0.4, -0.2) is 62.2 Å². The lowest BCUT2D eigenvalue weighted by atomic mass is 10.1. The molecule has 1 aliphatic rings. The second kappa shape index (κ2) is 6.56. The maximum absolute atomic E-state index is 12.3. The van der Waals surface area contributed by atoms with Crippen LogP contribution in [0, 0.1) is 0 Å². The second-order valence-electron chi connectivity index (χ2n) is 4.91. The summed E-state index contributed by atoms with van der Waals surface area (Å²) in [6.45, 7) is 4.75. The zero-order valence-electron chi connectivity index (χ0n) is 12.3. The number of nitrogens with zero attached hydrogens (tertiary/aromatic N) is 3. The molecule has 20 heavy (non-hydrogen) atoms. The number of likely N-dealkylation sites (N-methyl/N-ethyl adjacent to an activating group) is 1. The number of carbonyl (C=O) groups excluding carboxylic acids is 1. The van der Waals surface area contributed by atoms with Crippen molar-refractivity contribution in [3.63, 3.8) is 0 Å². The minimum atomic E-state index is -0.219. The molecule has 1 aromatic heterocycles. The first-order valence-corrected chi connectivity index (χ1v) is 6.92. The first kappa shape index (κ1) is 14.6. The lowest BCUT2D eigenvalue weighted by Crippen LogP contribution is -2.58. The van der Waals surface area contributed by atoms with Crippen LogP contribution < -0.4 is 15.0 Å². The van der Waals surface area contributed by atoms with Crippen molar-refractivity contribution in [3.8, 4) is 5.88 Å². The summed E-state index contributed by atoms with van der Waals surface area (Å²) in [7, 11) is 3.55. The van der Waals surface area contributed by atoms with Gasteiger partial charge in [-0.2, -0.15) is 4.98 Å². The highest BCUT2D eigenvalue weighted by molar-refractivity contribution is 5.85. The Labute approximate surface area is 119 Å². The quantitative estimate of drug-likeness (QED) is 0.861. The second-order valence-corrected chi connectivity index (χ2v) is 4.91. The van der Waals surface area contributed by atoms with Crippen LogP contribution in [-0.2, 0) is 4.79 Å². The molecule has 0 saturated carbocycles. The molecule has 0 bridgehead atoms. The molecule has 1 amide bonds. The summed E-state index contributed by atoms with van der Waals surface area (Å²) in [5, 5.41) is 3.26. The first-order chi connectivity index (χ1) is 9.63. The highest BCUT2D eigenvalue weighted by atomic mass is 16.5. The number of piperazine rings is 1. The normalized spacial score (nSPS) is 18.8. The minimum absolute atomic E-state index is 0.0841. The molecule has 6 heteroatoms. The smallest absolute Gasteiger partial charge is 0.246 e. The van der Waals surface area contributed by atoms with Crippen molar-refractivity contribution in [2.75, 3.05) is 45.2 Å². The Morgan fingerprint density at radius 1 is 1.55 bits per heavy atom. The molecule has 0 spiro atoms. The summed E-state index contributed by atoms with van der Waals surface area (Å²) < 4.78 is 5.43. The Hall–Kier alpha value is -1.82. The van der Waals surface area contributed by atoms with Gasteiger partial charge in [0.25, 0.3) is 0 Å². The van der Waals surface area contributed by atoms with Gasteiger partial charge in [-0.1, -0.05) is 6.07 Å². The molecule has 2 rings (SSSR count). The number of amides is 1. The van der Waals surface area contributed by atoms with E-state index in [9.17, 15) is 4.79 Å². The molecule has 2 heterocycles. The van der Waals surface area contributed by atoms with Crippen LogP contribution in [0.3, 0.4) is 0 Å². The van der Waals surface area contributed by atoms with E-state index >= 15 is 0 Å². The van der Waals surface area contributed by atoms with Crippen LogP contribution in [0.1, 0.15) is 6.92 Å². The predicted octanol–water partition coefficient (Wildman–Crippen LogP) is 0.347. The summed E-state index contributed by atoms with van der Waals surface area (Å²) in [6, 6.07) is 5.44. The van der Waals surface area contributed by atoms with Crippen LogP contribution in [0.15, 0.2) is 18.2 Å². The number of aromatic nitrogens is 1. The highest BCUT2D eigenvalue weighted by Crippen LogP contribution is 2.20. The summed E-state index contributed by atoms with van der Waals surface area (Å²) in [6.07, 6.45) is 0. The third-order valence-electron chi connectivity index (χ3n) is 3.26. The molecule has 0 radical (unpaired) electrons. The van der Waals surface area contributed by atoms with Gasteiger partial charge < -0.3 is 19.9 Å². The molecule has 1 aromatic rings. The fourth-order valence-electron chi connectivity index (χ4n) is 2.29. The van der Waals surface area contributed by atoms with Gasteiger partial charge in [-0.3, -0.25) is 4.79 Å². The van der Waals surface area contributed by atoms with Gasteiger partial charge in [-0.25, -0.2) is 0 Å². The van der Waals surface area contributed by atoms with Crippen LogP contribution in [0.25, 0.3) is 0 Å².